The lowest BCUT2D eigenvalue weighted by Crippen LogP contribution is -2.16. The van der Waals surface area contributed by atoms with Gasteiger partial charge in [-0.2, -0.15) is 0 Å². The standard InChI is InChI=1S/C15H13BrO4/c1-2-9-3-4-12(20-9)15(17)10-7-13-14(8-11(10)16)19-6-5-18-13/h3-4,7-8H,2,5-6H2,1H3. The van der Waals surface area contributed by atoms with Gasteiger partial charge in [0.05, 0.1) is 0 Å². The first-order valence-electron chi connectivity index (χ1n) is 6.41. The van der Waals surface area contributed by atoms with E-state index in [0.29, 0.717) is 40.5 Å². The fraction of sp³-hybridized carbons (Fsp3) is 0.267. The van der Waals surface area contributed by atoms with Crippen LogP contribution in [0.15, 0.2) is 33.2 Å². The number of hydrogen-bond acceptors (Lipinski definition) is 4. The molecular weight excluding hydrogens is 324 g/mol. The van der Waals surface area contributed by atoms with Gasteiger partial charge in [-0.05, 0) is 40.2 Å². The summed E-state index contributed by atoms with van der Waals surface area (Å²) in [6.45, 7) is 2.99. The zero-order valence-corrected chi connectivity index (χ0v) is 12.5. The Bertz CT molecular complexity index is 660. The van der Waals surface area contributed by atoms with Gasteiger partial charge in [-0.3, -0.25) is 4.79 Å². The second-order valence-electron chi connectivity index (χ2n) is 4.42. The number of carbonyl (C=O) groups is 1. The van der Waals surface area contributed by atoms with Crippen LogP contribution in [0.3, 0.4) is 0 Å². The number of hydrogen-bond donors (Lipinski definition) is 0. The van der Waals surface area contributed by atoms with E-state index < -0.39 is 0 Å². The lowest BCUT2D eigenvalue weighted by molar-refractivity contribution is 0.101. The molecule has 0 fully saturated rings. The summed E-state index contributed by atoms with van der Waals surface area (Å²) in [5.74, 6) is 2.19. The van der Waals surface area contributed by atoms with E-state index in [1.165, 1.54) is 0 Å². The maximum absolute atomic E-state index is 12.5. The molecule has 0 bridgehead atoms. The largest absolute Gasteiger partial charge is 0.486 e. The summed E-state index contributed by atoms with van der Waals surface area (Å²) in [5.41, 5.74) is 0.506. The van der Waals surface area contributed by atoms with Crippen LogP contribution in [-0.4, -0.2) is 19.0 Å². The molecule has 4 nitrogen and oxygen atoms in total. The van der Waals surface area contributed by atoms with Crippen molar-refractivity contribution in [2.75, 3.05) is 13.2 Å². The summed E-state index contributed by atoms with van der Waals surface area (Å²) in [7, 11) is 0. The zero-order chi connectivity index (χ0) is 14.1. The van der Waals surface area contributed by atoms with Gasteiger partial charge in [-0.1, -0.05) is 6.92 Å². The van der Waals surface area contributed by atoms with E-state index in [1.54, 1.807) is 18.2 Å². The van der Waals surface area contributed by atoms with Crippen LogP contribution < -0.4 is 9.47 Å². The molecule has 5 heteroatoms. The van der Waals surface area contributed by atoms with Crippen molar-refractivity contribution in [3.05, 3.63) is 45.8 Å². The van der Waals surface area contributed by atoms with E-state index in [-0.39, 0.29) is 5.78 Å². The lowest BCUT2D eigenvalue weighted by atomic mass is 10.1. The molecule has 3 rings (SSSR count). The quantitative estimate of drug-likeness (QED) is 0.803. The average molecular weight is 337 g/mol. The number of rotatable bonds is 3. The van der Waals surface area contributed by atoms with E-state index in [9.17, 15) is 4.79 Å². The predicted octanol–water partition coefficient (Wildman–Crippen LogP) is 3.61. The van der Waals surface area contributed by atoms with E-state index in [2.05, 4.69) is 15.9 Å². The molecule has 20 heavy (non-hydrogen) atoms. The minimum absolute atomic E-state index is 0.173. The van der Waals surface area contributed by atoms with Gasteiger partial charge in [0.2, 0.25) is 5.78 Å². The molecule has 2 aromatic rings. The molecule has 0 radical (unpaired) electrons. The van der Waals surface area contributed by atoms with E-state index in [4.69, 9.17) is 13.9 Å². The van der Waals surface area contributed by atoms with Crippen molar-refractivity contribution in [2.24, 2.45) is 0 Å². The van der Waals surface area contributed by atoms with Crippen LogP contribution in [0.5, 0.6) is 11.5 Å². The number of aryl methyl sites for hydroxylation is 1. The molecule has 0 saturated carbocycles. The van der Waals surface area contributed by atoms with Gasteiger partial charge in [0.25, 0.3) is 0 Å². The fourth-order valence-electron chi connectivity index (χ4n) is 2.06. The zero-order valence-electron chi connectivity index (χ0n) is 10.9. The molecule has 0 spiro atoms. The SMILES string of the molecule is CCc1ccc(C(=O)c2cc3c(cc2Br)OCCO3)o1. The Hall–Kier alpha value is -1.75. The molecule has 0 aliphatic carbocycles. The molecular formula is C15H13BrO4. The summed E-state index contributed by atoms with van der Waals surface area (Å²) in [4.78, 5) is 12.5. The molecule has 104 valence electrons. The van der Waals surface area contributed by atoms with Gasteiger partial charge in [0.15, 0.2) is 17.3 Å². The van der Waals surface area contributed by atoms with Crippen molar-refractivity contribution in [3.8, 4) is 11.5 Å². The molecule has 2 heterocycles. The van der Waals surface area contributed by atoms with Crippen LogP contribution in [0.2, 0.25) is 0 Å². The second-order valence-corrected chi connectivity index (χ2v) is 5.28. The van der Waals surface area contributed by atoms with Crippen LogP contribution >= 0.6 is 15.9 Å². The summed E-state index contributed by atoms with van der Waals surface area (Å²) in [6, 6.07) is 6.96. The van der Waals surface area contributed by atoms with E-state index in [0.717, 1.165) is 12.2 Å². The maximum Gasteiger partial charge on any atom is 0.229 e. The van der Waals surface area contributed by atoms with Gasteiger partial charge in [-0.25, -0.2) is 0 Å². The van der Waals surface area contributed by atoms with Crippen LogP contribution in [0, 0.1) is 0 Å². The third-order valence-corrected chi connectivity index (χ3v) is 3.77. The highest BCUT2D eigenvalue weighted by Crippen LogP contribution is 2.36. The first kappa shape index (κ1) is 13.2. The normalized spacial score (nSPS) is 13.3. The lowest BCUT2D eigenvalue weighted by Gasteiger charge is -2.19. The Balaban J connectivity index is 1.98. The van der Waals surface area contributed by atoms with Gasteiger partial charge >= 0.3 is 0 Å². The number of ether oxygens (including phenoxy) is 2. The number of carbonyl (C=O) groups excluding carboxylic acids is 1. The number of furan rings is 1. The predicted molar refractivity (Wildman–Crippen MR) is 76.7 cm³/mol. The first-order chi connectivity index (χ1) is 9.69. The fourth-order valence-corrected chi connectivity index (χ4v) is 2.56. The Kier molecular flexibility index (Phi) is 3.53. The molecule has 0 unspecified atom stereocenters. The third-order valence-electron chi connectivity index (χ3n) is 3.11. The van der Waals surface area contributed by atoms with Crippen LogP contribution in [-0.2, 0) is 6.42 Å². The van der Waals surface area contributed by atoms with Crippen LogP contribution in [0.25, 0.3) is 0 Å². The van der Waals surface area contributed by atoms with Gasteiger partial charge in [0.1, 0.15) is 19.0 Å². The van der Waals surface area contributed by atoms with Crippen molar-refractivity contribution in [3.63, 3.8) is 0 Å². The smallest absolute Gasteiger partial charge is 0.229 e. The monoisotopic (exact) mass is 336 g/mol. The third kappa shape index (κ3) is 2.33. The second kappa shape index (κ2) is 5.32. The van der Waals surface area contributed by atoms with Crippen molar-refractivity contribution in [2.45, 2.75) is 13.3 Å². The number of ketones is 1. The molecule has 1 aliphatic rings. The molecule has 0 amide bonds. The average Bonchev–Trinajstić information content (AvgIpc) is 2.94. The topological polar surface area (TPSA) is 48.7 Å². The Morgan fingerprint density at radius 1 is 1.20 bits per heavy atom. The molecule has 1 aromatic carbocycles. The van der Waals surface area contributed by atoms with Crippen molar-refractivity contribution >= 4 is 21.7 Å². The Labute approximate surface area is 124 Å². The summed E-state index contributed by atoms with van der Waals surface area (Å²) in [6.07, 6.45) is 0.760. The van der Waals surface area contributed by atoms with Crippen molar-refractivity contribution in [1.82, 2.24) is 0 Å². The van der Waals surface area contributed by atoms with Gasteiger partial charge in [-0.15, -0.1) is 0 Å². The summed E-state index contributed by atoms with van der Waals surface area (Å²) < 4.78 is 17.2. The highest BCUT2D eigenvalue weighted by Gasteiger charge is 2.21. The van der Waals surface area contributed by atoms with Gasteiger partial charge in [0, 0.05) is 16.5 Å². The summed E-state index contributed by atoms with van der Waals surface area (Å²) >= 11 is 3.40. The summed E-state index contributed by atoms with van der Waals surface area (Å²) in [5, 5.41) is 0. The van der Waals surface area contributed by atoms with E-state index >= 15 is 0 Å². The molecule has 1 aliphatic heterocycles. The number of fused-ring (bicyclic) bond motifs is 1. The van der Waals surface area contributed by atoms with Crippen LogP contribution in [0.4, 0.5) is 0 Å². The Morgan fingerprint density at radius 2 is 1.90 bits per heavy atom. The van der Waals surface area contributed by atoms with Crippen molar-refractivity contribution < 1.29 is 18.7 Å². The van der Waals surface area contributed by atoms with E-state index in [1.807, 2.05) is 13.0 Å². The molecule has 0 N–H and O–H groups in total. The minimum atomic E-state index is -0.173. The van der Waals surface area contributed by atoms with Gasteiger partial charge < -0.3 is 13.9 Å². The highest BCUT2D eigenvalue weighted by atomic mass is 79.9. The number of halogens is 1. The maximum atomic E-state index is 12.5. The molecule has 0 atom stereocenters. The minimum Gasteiger partial charge on any atom is -0.486 e. The first-order valence-corrected chi connectivity index (χ1v) is 7.21. The number of benzene rings is 1. The highest BCUT2D eigenvalue weighted by molar-refractivity contribution is 9.10. The Morgan fingerprint density at radius 3 is 2.55 bits per heavy atom. The van der Waals surface area contributed by atoms with Crippen LogP contribution in [0.1, 0.15) is 28.8 Å². The molecule has 0 saturated heterocycles. The molecule has 1 aromatic heterocycles. The van der Waals surface area contributed by atoms with Crippen molar-refractivity contribution in [1.29, 1.82) is 0 Å².